The van der Waals surface area contributed by atoms with Crippen LogP contribution in [0.15, 0.2) is 35.8 Å². The van der Waals surface area contributed by atoms with Gasteiger partial charge in [0, 0.05) is 24.7 Å². The predicted molar refractivity (Wildman–Crippen MR) is 69.2 cm³/mol. The Labute approximate surface area is 109 Å². The molecule has 0 bridgehead atoms. The fourth-order valence-electron chi connectivity index (χ4n) is 1.56. The first kappa shape index (κ1) is 12.7. The number of pyridine rings is 1. The molecule has 2 rings (SSSR count). The van der Waals surface area contributed by atoms with Crippen molar-refractivity contribution in [2.24, 2.45) is 0 Å². The lowest BCUT2D eigenvalue weighted by atomic mass is 10.2. The molecular weight excluding hydrogens is 251 g/mol. The third kappa shape index (κ3) is 3.13. The molecule has 0 N–H and O–H groups in total. The normalized spacial score (nSPS) is 10.3. The second kappa shape index (κ2) is 5.73. The summed E-state index contributed by atoms with van der Waals surface area (Å²) in [5.41, 5.74) is 0.407. The van der Waals surface area contributed by atoms with Gasteiger partial charge in [-0.1, -0.05) is 6.07 Å². The maximum Gasteiger partial charge on any atom is 0.255 e. The van der Waals surface area contributed by atoms with Gasteiger partial charge in [0.2, 0.25) is 5.95 Å². The van der Waals surface area contributed by atoms with Crippen molar-refractivity contribution in [2.75, 3.05) is 13.6 Å². The van der Waals surface area contributed by atoms with Gasteiger partial charge >= 0.3 is 0 Å². The Bertz CT molecular complexity index is 510. The molecule has 0 radical (unpaired) electrons. The average molecular weight is 264 g/mol. The second-order valence-corrected chi connectivity index (χ2v) is 4.96. The molecule has 0 aromatic carbocycles. The average Bonchev–Trinajstić information content (AvgIpc) is 2.89. The molecular formula is C13H13FN2OS. The fraction of sp³-hybridized carbons (Fsp3) is 0.231. The number of rotatable bonds is 4. The summed E-state index contributed by atoms with van der Waals surface area (Å²) in [6, 6.07) is 6.68. The van der Waals surface area contributed by atoms with Gasteiger partial charge < -0.3 is 4.90 Å². The van der Waals surface area contributed by atoms with Crippen LogP contribution >= 0.6 is 11.3 Å². The molecule has 5 heteroatoms. The van der Waals surface area contributed by atoms with Gasteiger partial charge in [0.15, 0.2) is 0 Å². The van der Waals surface area contributed by atoms with E-state index in [1.54, 1.807) is 23.3 Å². The van der Waals surface area contributed by atoms with Crippen molar-refractivity contribution in [1.29, 1.82) is 0 Å². The zero-order chi connectivity index (χ0) is 13.0. The first-order valence-corrected chi connectivity index (χ1v) is 6.44. The van der Waals surface area contributed by atoms with Crippen LogP contribution in [0, 0.1) is 5.95 Å². The number of carbonyl (C=O) groups excluding carboxylic acids is 1. The number of likely N-dealkylation sites (N-methyl/N-ethyl adjacent to an activating group) is 1. The van der Waals surface area contributed by atoms with Crippen LogP contribution in [0.1, 0.15) is 15.2 Å². The summed E-state index contributed by atoms with van der Waals surface area (Å²) >= 11 is 1.67. The Hall–Kier alpha value is -1.75. The molecule has 3 nitrogen and oxygen atoms in total. The molecule has 1 amide bonds. The van der Waals surface area contributed by atoms with Crippen LogP contribution in [0.2, 0.25) is 0 Å². The number of thiophene rings is 1. The third-order valence-corrected chi connectivity index (χ3v) is 3.53. The highest BCUT2D eigenvalue weighted by molar-refractivity contribution is 7.09. The van der Waals surface area contributed by atoms with E-state index >= 15 is 0 Å². The highest BCUT2D eigenvalue weighted by Crippen LogP contribution is 2.10. The quantitative estimate of drug-likeness (QED) is 0.795. The van der Waals surface area contributed by atoms with Crippen LogP contribution in [0.25, 0.3) is 0 Å². The Morgan fingerprint density at radius 3 is 2.89 bits per heavy atom. The minimum absolute atomic E-state index is 0.140. The summed E-state index contributed by atoms with van der Waals surface area (Å²) < 4.78 is 12.7. The summed E-state index contributed by atoms with van der Waals surface area (Å²) in [6.45, 7) is 0.636. The van der Waals surface area contributed by atoms with Crippen LogP contribution < -0.4 is 0 Å². The molecule has 0 saturated carbocycles. The molecule has 18 heavy (non-hydrogen) atoms. The number of carbonyl (C=O) groups is 1. The number of aromatic nitrogens is 1. The van der Waals surface area contributed by atoms with Gasteiger partial charge in [0.1, 0.15) is 0 Å². The summed E-state index contributed by atoms with van der Waals surface area (Å²) in [5, 5.41) is 2.01. The van der Waals surface area contributed by atoms with E-state index < -0.39 is 5.95 Å². The van der Waals surface area contributed by atoms with Crippen molar-refractivity contribution in [2.45, 2.75) is 6.42 Å². The molecule has 0 fully saturated rings. The van der Waals surface area contributed by atoms with Crippen molar-refractivity contribution >= 4 is 17.2 Å². The zero-order valence-electron chi connectivity index (χ0n) is 9.97. The maximum atomic E-state index is 12.7. The van der Waals surface area contributed by atoms with E-state index in [2.05, 4.69) is 4.98 Å². The lowest BCUT2D eigenvalue weighted by Gasteiger charge is -2.16. The molecule has 2 heterocycles. The topological polar surface area (TPSA) is 33.2 Å². The lowest BCUT2D eigenvalue weighted by molar-refractivity contribution is 0.0796. The van der Waals surface area contributed by atoms with Crippen molar-refractivity contribution in [3.63, 3.8) is 0 Å². The standard InChI is InChI=1S/C13H13FN2OS/c1-16(7-6-11-3-2-8-18-11)13(17)10-4-5-12(14)15-9-10/h2-5,8-9H,6-7H2,1H3. The predicted octanol–water partition coefficient (Wildman–Crippen LogP) is 2.60. The van der Waals surface area contributed by atoms with Gasteiger partial charge in [0.25, 0.3) is 5.91 Å². The highest BCUT2D eigenvalue weighted by atomic mass is 32.1. The Balaban J connectivity index is 1.94. The summed E-state index contributed by atoms with van der Waals surface area (Å²) in [4.78, 5) is 18.3. The summed E-state index contributed by atoms with van der Waals surface area (Å²) in [7, 11) is 1.74. The van der Waals surface area contributed by atoms with Crippen LogP contribution in [-0.4, -0.2) is 29.4 Å². The Morgan fingerprint density at radius 2 is 2.28 bits per heavy atom. The van der Waals surface area contributed by atoms with Crippen LogP contribution in [0.3, 0.4) is 0 Å². The molecule has 0 aliphatic heterocycles. The smallest absolute Gasteiger partial charge is 0.255 e. The maximum absolute atomic E-state index is 12.7. The molecule has 0 saturated heterocycles. The van der Waals surface area contributed by atoms with Crippen molar-refractivity contribution in [1.82, 2.24) is 9.88 Å². The van der Waals surface area contributed by atoms with Crippen LogP contribution in [0.5, 0.6) is 0 Å². The van der Waals surface area contributed by atoms with Crippen molar-refractivity contribution in [3.8, 4) is 0 Å². The monoisotopic (exact) mass is 264 g/mol. The number of halogens is 1. The Morgan fingerprint density at radius 1 is 1.44 bits per heavy atom. The molecule has 0 atom stereocenters. The van der Waals surface area contributed by atoms with Gasteiger partial charge in [0.05, 0.1) is 5.56 Å². The third-order valence-electron chi connectivity index (χ3n) is 2.59. The summed E-state index contributed by atoms with van der Waals surface area (Å²) in [5.74, 6) is -0.716. The van der Waals surface area contributed by atoms with Crippen LogP contribution in [0.4, 0.5) is 4.39 Å². The highest BCUT2D eigenvalue weighted by Gasteiger charge is 2.12. The number of amides is 1. The first-order valence-electron chi connectivity index (χ1n) is 5.56. The van der Waals surface area contributed by atoms with Gasteiger partial charge in [-0.25, -0.2) is 4.98 Å². The molecule has 0 aliphatic rings. The Kier molecular flexibility index (Phi) is 4.04. The van der Waals surface area contributed by atoms with Crippen molar-refractivity contribution < 1.29 is 9.18 Å². The van der Waals surface area contributed by atoms with Gasteiger partial charge in [-0.15, -0.1) is 11.3 Å². The lowest BCUT2D eigenvalue weighted by Crippen LogP contribution is -2.28. The molecule has 2 aromatic heterocycles. The zero-order valence-corrected chi connectivity index (χ0v) is 10.8. The van der Waals surface area contributed by atoms with E-state index in [0.717, 1.165) is 6.42 Å². The minimum atomic E-state index is -0.576. The van der Waals surface area contributed by atoms with E-state index in [0.29, 0.717) is 12.1 Å². The second-order valence-electron chi connectivity index (χ2n) is 3.93. The number of hydrogen-bond acceptors (Lipinski definition) is 3. The SMILES string of the molecule is CN(CCc1cccs1)C(=O)c1ccc(F)nc1. The van der Waals surface area contributed by atoms with Crippen LogP contribution in [-0.2, 0) is 6.42 Å². The van der Waals surface area contributed by atoms with Crippen molar-refractivity contribution in [3.05, 3.63) is 52.2 Å². The van der Waals surface area contributed by atoms with Gasteiger partial charge in [-0.05, 0) is 30.0 Å². The summed E-state index contributed by atoms with van der Waals surface area (Å²) in [6.07, 6.45) is 2.09. The molecule has 2 aromatic rings. The molecule has 94 valence electrons. The van der Waals surface area contributed by atoms with Gasteiger partial charge in [-0.3, -0.25) is 4.79 Å². The minimum Gasteiger partial charge on any atom is -0.341 e. The molecule has 0 aliphatic carbocycles. The number of nitrogens with zero attached hydrogens (tertiary/aromatic N) is 2. The van der Waals surface area contributed by atoms with E-state index in [4.69, 9.17) is 0 Å². The van der Waals surface area contributed by atoms with E-state index in [9.17, 15) is 9.18 Å². The molecule has 0 unspecified atom stereocenters. The van der Waals surface area contributed by atoms with E-state index in [1.165, 1.54) is 23.2 Å². The fourth-order valence-corrected chi connectivity index (χ4v) is 2.26. The number of hydrogen-bond donors (Lipinski definition) is 0. The van der Waals surface area contributed by atoms with Gasteiger partial charge in [-0.2, -0.15) is 4.39 Å². The van der Waals surface area contributed by atoms with E-state index in [1.807, 2.05) is 17.5 Å². The largest absolute Gasteiger partial charge is 0.341 e. The van der Waals surface area contributed by atoms with E-state index in [-0.39, 0.29) is 5.91 Å². The molecule has 0 spiro atoms. The first-order chi connectivity index (χ1) is 8.66.